The Kier molecular flexibility index (Phi) is 5.17. The van der Waals surface area contributed by atoms with Gasteiger partial charge in [0.25, 0.3) is 0 Å². The van der Waals surface area contributed by atoms with E-state index >= 15 is 0 Å². The fraction of sp³-hybridized carbons (Fsp3) is 0.750. The summed E-state index contributed by atoms with van der Waals surface area (Å²) in [5, 5.41) is 11.7. The van der Waals surface area contributed by atoms with Gasteiger partial charge in [-0.3, -0.25) is 9.59 Å². The molecule has 5 heteroatoms. The van der Waals surface area contributed by atoms with Crippen LogP contribution in [0.3, 0.4) is 0 Å². The maximum absolute atomic E-state index is 11.7. The molecular weight excluding hydrogens is 368 g/mol. The van der Waals surface area contributed by atoms with Crippen LogP contribution in [0, 0.1) is 23.2 Å². The van der Waals surface area contributed by atoms with E-state index in [0.717, 1.165) is 44.9 Å². The van der Waals surface area contributed by atoms with Gasteiger partial charge in [-0.05, 0) is 68.3 Å². The van der Waals surface area contributed by atoms with Crippen LogP contribution in [0.4, 0.5) is 0 Å². The van der Waals surface area contributed by atoms with E-state index in [2.05, 4.69) is 19.1 Å². The van der Waals surface area contributed by atoms with Crippen LogP contribution < -0.4 is 0 Å². The molecule has 4 rings (SSSR count). The molecular formula is C24H34O5. The Labute approximate surface area is 173 Å². The van der Waals surface area contributed by atoms with E-state index in [4.69, 9.17) is 9.47 Å². The van der Waals surface area contributed by atoms with Crippen LogP contribution in [0.25, 0.3) is 0 Å². The number of carbonyl (C=O) groups excluding carboxylic acids is 2. The van der Waals surface area contributed by atoms with Gasteiger partial charge in [0.2, 0.25) is 0 Å². The van der Waals surface area contributed by atoms with Crippen LogP contribution in [0.15, 0.2) is 23.3 Å². The van der Waals surface area contributed by atoms with E-state index < -0.39 is 5.60 Å². The molecule has 160 valence electrons. The molecule has 4 aliphatic carbocycles. The van der Waals surface area contributed by atoms with Crippen molar-refractivity contribution >= 4 is 11.9 Å². The highest BCUT2D eigenvalue weighted by molar-refractivity contribution is 5.66. The summed E-state index contributed by atoms with van der Waals surface area (Å²) >= 11 is 0. The van der Waals surface area contributed by atoms with E-state index in [-0.39, 0.29) is 35.5 Å². The minimum absolute atomic E-state index is 0.00329. The fourth-order valence-electron chi connectivity index (χ4n) is 6.96. The van der Waals surface area contributed by atoms with Crippen molar-refractivity contribution < 1.29 is 24.2 Å². The molecule has 0 aromatic rings. The van der Waals surface area contributed by atoms with Crippen LogP contribution in [-0.2, 0) is 19.1 Å². The minimum atomic E-state index is -0.854. The highest BCUT2D eigenvalue weighted by Crippen LogP contribution is 2.62. The number of ether oxygens (including phenoxy) is 2. The average Bonchev–Trinajstić information content (AvgIpc) is 2.98. The number of hydrogen-bond donors (Lipinski definition) is 1. The Morgan fingerprint density at radius 3 is 2.59 bits per heavy atom. The molecule has 2 fully saturated rings. The molecule has 0 bridgehead atoms. The van der Waals surface area contributed by atoms with Crippen LogP contribution in [0.1, 0.15) is 72.6 Å². The van der Waals surface area contributed by atoms with Gasteiger partial charge in [-0.25, -0.2) is 0 Å². The van der Waals surface area contributed by atoms with Gasteiger partial charge in [-0.2, -0.15) is 0 Å². The molecule has 0 aliphatic heterocycles. The van der Waals surface area contributed by atoms with Crippen LogP contribution in [0.2, 0.25) is 0 Å². The zero-order valence-electron chi connectivity index (χ0n) is 18.1. The first-order valence-electron chi connectivity index (χ1n) is 11.1. The van der Waals surface area contributed by atoms with Gasteiger partial charge in [0.05, 0.1) is 5.60 Å². The van der Waals surface area contributed by atoms with Gasteiger partial charge in [-0.1, -0.05) is 24.6 Å². The number of allylic oxidation sites excluding steroid dienone is 2. The first kappa shape index (κ1) is 20.6. The van der Waals surface area contributed by atoms with Crippen molar-refractivity contribution in [2.24, 2.45) is 23.2 Å². The molecule has 0 radical (unpaired) electrons. The lowest BCUT2D eigenvalue weighted by atomic mass is 9.50. The molecule has 29 heavy (non-hydrogen) atoms. The SMILES string of the molecule is CC(=O)OC1CCC2(C)C(=CCC3C4=CCC(C(C)OC(C)=O)C4(O)CCC32)C1. The number of aliphatic hydroxyl groups is 1. The van der Waals surface area contributed by atoms with E-state index in [0.29, 0.717) is 11.8 Å². The molecule has 4 aliphatic rings. The predicted molar refractivity (Wildman–Crippen MR) is 109 cm³/mol. The fourth-order valence-corrected chi connectivity index (χ4v) is 6.96. The second-order valence-corrected chi connectivity index (χ2v) is 9.85. The molecule has 1 N–H and O–H groups in total. The number of esters is 2. The lowest BCUT2D eigenvalue weighted by molar-refractivity contribution is -0.154. The largest absolute Gasteiger partial charge is 0.462 e. The lowest BCUT2D eigenvalue weighted by Gasteiger charge is -2.56. The monoisotopic (exact) mass is 402 g/mol. The molecule has 0 heterocycles. The van der Waals surface area contributed by atoms with Crippen LogP contribution in [0.5, 0.6) is 0 Å². The van der Waals surface area contributed by atoms with E-state index in [1.54, 1.807) is 0 Å². The Morgan fingerprint density at radius 1 is 1.14 bits per heavy atom. The maximum atomic E-state index is 11.7. The summed E-state index contributed by atoms with van der Waals surface area (Å²) in [5.74, 6) is 0.322. The summed E-state index contributed by atoms with van der Waals surface area (Å²) in [6, 6.07) is 0. The second-order valence-electron chi connectivity index (χ2n) is 9.85. The molecule has 7 unspecified atom stereocenters. The molecule has 0 spiro atoms. The third-order valence-electron chi connectivity index (χ3n) is 8.28. The van der Waals surface area contributed by atoms with Crippen molar-refractivity contribution in [3.63, 3.8) is 0 Å². The number of rotatable bonds is 3. The van der Waals surface area contributed by atoms with Crippen molar-refractivity contribution in [3.8, 4) is 0 Å². The first-order chi connectivity index (χ1) is 13.6. The molecule has 2 saturated carbocycles. The standard InChI is InChI=1S/C24H34O5/c1-14(28-15(2)25)20-7-8-22-19-6-5-17-13-18(29-16(3)26)9-11-23(17,4)21(19)10-12-24(20,22)27/h5,8,14,18-21,27H,6-7,9-13H2,1-4H3. The molecule has 0 saturated heterocycles. The average molecular weight is 403 g/mol. The van der Waals surface area contributed by atoms with Crippen molar-refractivity contribution in [3.05, 3.63) is 23.3 Å². The minimum Gasteiger partial charge on any atom is -0.462 e. The third kappa shape index (κ3) is 3.35. The van der Waals surface area contributed by atoms with Gasteiger partial charge < -0.3 is 14.6 Å². The highest BCUT2D eigenvalue weighted by atomic mass is 16.5. The van der Waals surface area contributed by atoms with Crippen molar-refractivity contribution in [2.45, 2.75) is 90.4 Å². The molecule has 0 aromatic heterocycles. The predicted octanol–water partition coefficient (Wildman–Crippen LogP) is 4.09. The normalized spacial score (nSPS) is 41.8. The summed E-state index contributed by atoms with van der Waals surface area (Å²) in [7, 11) is 0. The summed E-state index contributed by atoms with van der Waals surface area (Å²) in [5.41, 5.74) is 1.87. The zero-order chi connectivity index (χ0) is 21.0. The van der Waals surface area contributed by atoms with E-state index in [9.17, 15) is 14.7 Å². The van der Waals surface area contributed by atoms with Crippen molar-refractivity contribution in [1.29, 1.82) is 0 Å². The zero-order valence-corrected chi connectivity index (χ0v) is 18.1. The van der Waals surface area contributed by atoms with Crippen molar-refractivity contribution in [1.82, 2.24) is 0 Å². The lowest BCUT2D eigenvalue weighted by Crippen LogP contribution is -2.53. The Bertz CT molecular complexity index is 767. The summed E-state index contributed by atoms with van der Waals surface area (Å²) in [6.07, 6.45) is 10.5. The summed E-state index contributed by atoms with van der Waals surface area (Å²) in [6.45, 7) is 7.20. The van der Waals surface area contributed by atoms with Crippen molar-refractivity contribution in [2.75, 3.05) is 0 Å². The number of fused-ring (bicyclic) bond motifs is 5. The second kappa shape index (κ2) is 7.26. The molecule has 0 amide bonds. The third-order valence-corrected chi connectivity index (χ3v) is 8.28. The topological polar surface area (TPSA) is 72.8 Å². The molecule has 0 aromatic carbocycles. The summed E-state index contributed by atoms with van der Waals surface area (Å²) < 4.78 is 11.0. The first-order valence-corrected chi connectivity index (χ1v) is 11.1. The smallest absolute Gasteiger partial charge is 0.302 e. The molecule has 5 nitrogen and oxygen atoms in total. The van der Waals surface area contributed by atoms with Crippen LogP contribution in [-0.4, -0.2) is 34.9 Å². The molecule has 7 atom stereocenters. The van der Waals surface area contributed by atoms with Gasteiger partial charge in [-0.15, -0.1) is 0 Å². The van der Waals surface area contributed by atoms with Gasteiger partial charge in [0.1, 0.15) is 12.2 Å². The Hall–Kier alpha value is -1.62. The number of hydrogen-bond acceptors (Lipinski definition) is 5. The van der Waals surface area contributed by atoms with E-state index in [1.807, 2.05) is 6.92 Å². The summed E-state index contributed by atoms with van der Waals surface area (Å²) in [4.78, 5) is 22.8. The highest BCUT2D eigenvalue weighted by Gasteiger charge is 2.58. The van der Waals surface area contributed by atoms with E-state index in [1.165, 1.54) is 25.0 Å². The number of carbonyl (C=O) groups is 2. The Balaban J connectivity index is 1.56. The van der Waals surface area contributed by atoms with Gasteiger partial charge in [0, 0.05) is 26.2 Å². The van der Waals surface area contributed by atoms with Gasteiger partial charge >= 0.3 is 11.9 Å². The quantitative estimate of drug-likeness (QED) is 0.568. The van der Waals surface area contributed by atoms with Crippen LogP contribution >= 0.6 is 0 Å². The maximum Gasteiger partial charge on any atom is 0.302 e. The van der Waals surface area contributed by atoms with Gasteiger partial charge in [0.15, 0.2) is 0 Å². The Morgan fingerprint density at radius 2 is 1.90 bits per heavy atom.